The molecule has 0 aliphatic rings. The second-order valence-corrected chi connectivity index (χ2v) is 6.65. The number of hydrogen-bond donors (Lipinski definition) is 2. The maximum absolute atomic E-state index is 12.2. The number of nitrogens with zero attached hydrogens (tertiary/aromatic N) is 3. The van der Waals surface area contributed by atoms with Crippen molar-refractivity contribution in [3.8, 4) is 0 Å². The number of carbonyl (C=O) groups is 1. The van der Waals surface area contributed by atoms with E-state index in [-0.39, 0.29) is 5.91 Å². The Kier molecular flexibility index (Phi) is 5.57. The third-order valence-electron chi connectivity index (χ3n) is 3.80. The van der Waals surface area contributed by atoms with Crippen LogP contribution in [0.1, 0.15) is 16.2 Å². The van der Waals surface area contributed by atoms with E-state index in [2.05, 4.69) is 20.6 Å². The van der Waals surface area contributed by atoms with Gasteiger partial charge in [-0.3, -0.25) is 4.79 Å². The van der Waals surface area contributed by atoms with Crippen LogP contribution in [0, 0.1) is 6.92 Å². The highest BCUT2D eigenvalue weighted by Crippen LogP contribution is 2.21. The molecule has 0 saturated heterocycles. The maximum atomic E-state index is 12.2. The highest BCUT2D eigenvalue weighted by molar-refractivity contribution is 6.30. The van der Waals surface area contributed by atoms with Crippen LogP contribution in [0.3, 0.4) is 0 Å². The number of aryl methyl sites for hydroxylation is 1. The molecule has 1 aromatic heterocycles. The average molecular weight is 382 g/mol. The Morgan fingerprint density at radius 3 is 2.22 bits per heavy atom. The first-order valence-electron chi connectivity index (χ1n) is 8.38. The fourth-order valence-electron chi connectivity index (χ4n) is 2.43. The van der Waals surface area contributed by atoms with Crippen LogP contribution < -0.4 is 15.5 Å². The molecule has 6 nitrogen and oxygen atoms in total. The Hall–Kier alpha value is -3.12. The van der Waals surface area contributed by atoms with Gasteiger partial charge in [-0.15, -0.1) is 0 Å². The van der Waals surface area contributed by atoms with Crippen LogP contribution in [0.5, 0.6) is 0 Å². The van der Waals surface area contributed by atoms with E-state index in [0.29, 0.717) is 27.9 Å². The maximum Gasteiger partial charge on any atom is 0.255 e. The van der Waals surface area contributed by atoms with Crippen molar-refractivity contribution >= 4 is 40.5 Å². The summed E-state index contributed by atoms with van der Waals surface area (Å²) >= 11 is 5.85. The van der Waals surface area contributed by atoms with E-state index in [1.54, 1.807) is 24.3 Å². The van der Waals surface area contributed by atoms with Gasteiger partial charge in [-0.2, -0.15) is 0 Å². The molecule has 1 heterocycles. The van der Waals surface area contributed by atoms with Gasteiger partial charge in [0.05, 0.1) is 0 Å². The number of aromatic nitrogens is 2. The molecule has 3 rings (SSSR count). The van der Waals surface area contributed by atoms with Crippen LogP contribution in [-0.2, 0) is 0 Å². The molecule has 0 radical (unpaired) electrons. The van der Waals surface area contributed by atoms with Crippen molar-refractivity contribution in [3.63, 3.8) is 0 Å². The van der Waals surface area contributed by atoms with Crippen molar-refractivity contribution in [2.45, 2.75) is 6.92 Å². The highest BCUT2D eigenvalue weighted by atomic mass is 35.5. The van der Waals surface area contributed by atoms with E-state index in [1.165, 1.54) is 0 Å². The number of hydrogen-bond acceptors (Lipinski definition) is 5. The van der Waals surface area contributed by atoms with Crippen LogP contribution in [0.25, 0.3) is 0 Å². The lowest BCUT2D eigenvalue weighted by Gasteiger charge is -2.14. The predicted octanol–water partition coefficient (Wildman–Crippen LogP) is 4.50. The zero-order valence-corrected chi connectivity index (χ0v) is 16.1. The van der Waals surface area contributed by atoms with Gasteiger partial charge in [-0.05, 0) is 55.5 Å². The van der Waals surface area contributed by atoms with Crippen LogP contribution in [0.15, 0.2) is 54.6 Å². The number of benzene rings is 2. The molecule has 138 valence electrons. The molecule has 0 aliphatic heterocycles. The Balaban J connectivity index is 1.68. The first kappa shape index (κ1) is 18.7. The van der Waals surface area contributed by atoms with E-state index < -0.39 is 0 Å². The fraction of sp³-hybridized carbons (Fsp3) is 0.150. The minimum atomic E-state index is -0.186. The predicted molar refractivity (Wildman–Crippen MR) is 110 cm³/mol. The van der Waals surface area contributed by atoms with E-state index in [4.69, 9.17) is 11.6 Å². The second-order valence-electron chi connectivity index (χ2n) is 6.22. The zero-order chi connectivity index (χ0) is 19.4. The molecular weight excluding hydrogens is 362 g/mol. The van der Waals surface area contributed by atoms with Crippen molar-refractivity contribution < 1.29 is 4.79 Å². The van der Waals surface area contributed by atoms with E-state index >= 15 is 0 Å². The van der Waals surface area contributed by atoms with E-state index in [1.807, 2.05) is 56.3 Å². The lowest BCUT2D eigenvalue weighted by molar-refractivity contribution is 0.102. The molecule has 0 saturated carbocycles. The average Bonchev–Trinajstić information content (AvgIpc) is 2.63. The van der Waals surface area contributed by atoms with Gasteiger partial charge in [0.1, 0.15) is 17.5 Å². The molecule has 0 fully saturated rings. The summed E-state index contributed by atoms with van der Waals surface area (Å²) in [6, 6.07) is 16.1. The summed E-state index contributed by atoms with van der Waals surface area (Å²) in [7, 11) is 3.87. The van der Waals surface area contributed by atoms with Gasteiger partial charge in [-0.1, -0.05) is 11.6 Å². The summed E-state index contributed by atoms with van der Waals surface area (Å²) < 4.78 is 0. The largest absolute Gasteiger partial charge is 0.363 e. The number of carbonyl (C=O) groups excluding carboxylic acids is 1. The Labute approximate surface area is 163 Å². The molecule has 0 spiro atoms. The molecule has 3 aromatic rings. The Morgan fingerprint density at radius 2 is 1.59 bits per heavy atom. The molecular formula is C20H20ClN5O. The van der Waals surface area contributed by atoms with Crippen molar-refractivity contribution in [1.29, 1.82) is 0 Å². The van der Waals surface area contributed by atoms with Crippen LogP contribution in [0.2, 0.25) is 5.02 Å². The molecule has 0 unspecified atom stereocenters. The first-order valence-corrected chi connectivity index (χ1v) is 8.75. The van der Waals surface area contributed by atoms with Crippen LogP contribution in [0.4, 0.5) is 23.0 Å². The quantitative estimate of drug-likeness (QED) is 0.680. The summed E-state index contributed by atoms with van der Waals surface area (Å²) in [6.45, 7) is 1.85. The number of nitrogens with one attached hydrogen (secondary N) is 2. The van der Waals surface area contributed by atoms with Crippen molar-refractivity contribution in [2.24, 2.45) is 0 Å². The number of halogens is 1. The van der Waals surface area contributed by atoms with Gasteiger partial charge < -0.3 is 15.5 Å². The first-order chi connectivity index (χ1) is 12.9. The third-order valence-corrected chi connectivity index (χ3v) is 4.06. The number of amides is 1. The van der Waals surface area contributed by atoms with Crippen LogP contribution in [-0.4, -0.2) is 30.0 Å². The van der Waals surface area contributed by atoms with Gasteiger partial charge >= 0.3 is 0 Å². The monoisotopic (exact) mass is 381 g/mol. The normalized spacial score (nSPS) is 10.4. The van der Waals surface area contributed by atoms with Gasteiger partial charge in [0.25, 0.3) is 5.91 Å². The topological polar surface area (TPSA) is 70.2 Å². The number of rotatable bonds is 5. The van der Waals surface area contributed by atoms with Crippen molar-refractivity contribution in [1.82, 2.24) is 9.97 Å². The van der Waals surface area contributed by atoms with Crippen molar-refractivity contribution in [2.75, 3.05) is 29.6 Å². The molecule has 2 N–H and O–H groups in total. The van der Waals surface area contributed by atoms with E-state index in [9.17, 15) is 4.79 Å². The summed E-state index contributed by atoms with van der Waals surface area (Å²) in [6.07, 6.45) is 0. The molecule has 0 bridgehead atoms. The second kappa shape index (κ2) is 8.05. The van der Waals surface area contributed by atoms with Gasteiger partial charge in [-0.25, -0.2) is 9.97 Å². The Morgan fingerprint density at radius 1 is 0.963 bits per heavy atom. The molecule has 0 atom stereocenters. The molecule has 7 heteroatoms. The standard InChI is InChI=1S/C20H20ClN5O/c1-13-22-18(12-19(23-13)26(2)3)24-16-8-10-17(11-9-16)25-20(27)14-4-6-15(21)7-5-14/h4-12H,1-3H3,(H,25,27)(H,22,23,24). The number of anilines is 4. The van der Waals surface area contributed by atoms with Crippen molar-refractivity contribution in [3.05, 3.63) is 71.0 Å². The van der Waals surface area contributed by atoms with Gasteiger partial charge in [0.15, 0.2) is 0 Å². The van der Waals surface area contributed by atoms with Gasteiger partial charge in [0, 0.05) is 42.1 Å². The lowest BCUT2D eigenvalue weighted by Crippen LogP contribution is -2.12. The lowest BCUT2D eigenvalue weighted by atomic mass is 10.2. The highest BCUT2D eigenvalue weighted by Gasteiger charge is 2.07. The fourth-order valence-corrected chi connectivity index (χ4v) is 2.56. The smallest absolute Gasteiger partial charge is 0.255 e. The third kappa shape index (κ3) is 4.95. The summed E-state index contributed by atoms with van der Waals surface area (Å²) in [5.41, 5.74) is 2.12. The molecule has 27 heavy (non-hydrogen) atoms. The minimum Gasteiger partial charge on any atom is -0.363 e. The minimum absolute atomic E-state index is 0.186. The van der Waals surface area contributed by atoms with Crippen LogP contribution >= 0.6 is 11.6 Å². The summed E-state index contributed by atoms with van der Waals surface area (Å²) in [5.74, 6) is 2.05. The van der Waals surface area contributed by atoms with Gasteiger partial charge in [0.2, 0.25) is 0 Å². The van der Waals surface area contributed by atoms with E-state index in [0.717, 1.165) is 11.5 Å². The molecule has 1 amide bonds. The SMILES string of the molecule is Cc1nc(Nc2ccc(NC(=O)c3ccc(Cl)cc3)cc2)cc(N(C)C)n1. The zero-order valence-electron chi connectivity index (χ0n) is 15.3. The summed E-state index contributed by atoms with van der Waals surface area (Å²) in [5, 5.41) is 6.71. The summed E-state index contributed by atoms with van der Waals surface area (Å²) in [4.78, 5) is 22.9. The molecule has 2 aromatic carbocycles. The molecule has 0 aliphatic carbocycles. The Bertz CT molecular complexity index is 940.